The molecule has 0 radical (unpaired) electrons. The monoisotopic (exact) mass is 207 g/mol. The zero-order valence-corrected chi connectivity index (χ0v) is 9.61. The normalized spacial score (nSPS) is 45.5. The number of rotatable bonds is 2. The number of fused-ring (bicyclic) bond motifs is 2. The van der Waals surface area contributed by atoms with Crippen LogP contribution < -0.4 is 0 Å². The zero-order valence-electron chi connectivity index (χ0n) is 9.61. The maximum absolute atomic E-state index is 11.6. The van der Waals surface area contributed by atoms with E-state index in [-0.39, 0.29) is 0 Å². The molecular weight excluding hydrogens is 186 g/mol. The fraction of sp³-hybridized carbons (Fsp3) is 0.923. The summed E-state index contributed by atoms with van der Waals surface area (Å²) in [5.74, 6) is 1.47. The molecule has 2 saturated heterocycles. The summed E-state index contributed by atoms with van der Waals surface area (Å²) in [7, 11) is 0. The van der Waals surface area contributed by atoms with Gasteiger partial charge in [-0.15, -0.1) is 0 Å². The van der Waals surface area contributed by atoms with Gasteiger partial charge >= 0.3 is 0 Å². The summed E-state index contributed by atoms with van der Waals surface area (Å²) in [5, 5.41) is 0. The van der Waals surface area contributed by atoms with Crippen LogP contribution >= 0.6 is 0 Å². The van der Waals surface area contributed by atoms with E-state index in [4.69, 9.17) is 0 Å². The van der Waals surface area contributed by atoms with Crippen LogP contribution in [0.4, 0.5) is 0 Å². The summed E-state index contributed by atoms with van der Waals surface area (Å²) in [6, 6.07) is 2.08. The second kappa shape index (κ2) is 3.58. The Morgan fingerprint density at radius 2 is 1.93 bits per heavy atom. The fourth-order valence-corrected chi connectivity index (χ4v) is 3.79. The van der Waals surface area contributed by atoms with E-state index in [2.05, 4.69) is 11.8 Å². The Bertz CT molecular complexity index is 260. The summed E-state index contributed by atoms with van der Waals surface area (Å²) in [4.78, 5) is 14.3. The third kappa shape index (κ3) is 1.63. The highest BCUT2D eigenvalue weighted by Crippen LogP contribution is 2.45. The number of Topliss-reactive ketones (excluding diaryl/α,β-unsaturated/α-hetero) is 1. The van der Waals surface area contributed by atoms with E-state index in [9.17, 15) is 4.79 Å². The van der Waals surface area contributed by atoms with Crippen molar-refractivity contribution in [2.24, 2.45) is 5.92 Å². The summed E-state index contributed by atoms with van der Waals surface area (Å²) in [6.07, 6.45) is 8.33. The molecule has 0 N–H and O–H groups in total. The average molecular weight is 207 g/mol. The summed E-state index contributed by atoms with van der Waals surface area (Å²) in [5.41, 5.74) is 0. The third-order valence-corrected chi connectivity index (χ3v) is 4.64. The van der Waals surface area contributed by atoms with Gasteiger partial charge in [-0.3, -0.25) is 9.69 Å². The zero-order chi connectivity index (χ0) is 10.4. The van der Waals surface area contributed by atoms with Crippen LogP contribution in [0.5, 0.6) is 0 Å². The third-order valence-electron chi connectivity index (χ3n) is 4.64. The van der Waals surface area contributed by atoms with E-state index in [0.29, 0.717) is 17.9 Å². The first kappa shape index (κ1) is 9.83. The predicted molar refractivity (Wildman–Crippen MR) is 59.7 cm³/mol. The minimum absolute atomic E-state index is 0.523. The molecule has 3 fully saturated rings. The summed E-state index contributed by atoms with van der Waals surface area (Å²) < 4.78 is 0. The van der Waals surface area contributed by atoms with Gasteiger partial charge < -0.3 is 0 Å². The molecule has 84 valence electrons. The molecule has 0 amide bonds. The Hall–Kier alpha value is -0.370. The highest BCUT2D eigenvalue weighted by Gasteiger charge is 2.49. The Labute approximate surface area is 92.0 Å². The smallest absolute Gasteiger partial charge is 0.136 e. The molecule has 1 aliphatic carbocycles. The maximum atomic E-state index is 11.6. The molecule has 1 saturated carbocycles. The number of piperidine rings is 2. The Morgan fingerprint density at radius 1 is 1.27 bits per heavy atom. The Balaban J connectivity index is 1.74. The van der Waals surface area contributed by atoms with Crippen molar-refractivity contribution in [1.29, 1.82) is 0 Å². The highest BCUT2D eigenvalue weighted by atomic mass is 16.1. The van der Waals surface area contributed by atoms with Crippen molar-refractivity contribution >= 4 is 5.78 Å². The number of ketones is 1. The van der Waals surface area contributed by atoms with Gasteiger partial charge in [0.25, 0.3) is 0 Å². The lowest BCUT2D eigenvalue weighted by molar-refractivity contribution is -0.127. The molecule has 3 rings (SSSR count). The summed E-state index contributed by atoms with van der Waals surface area (Å²) >= 11 is 0. The van der Waals surface area contributed by atoms with Crippen LogP contribution in [0.1, 0.15) is 51.9 Å². The van der Waals surface area contributed by atoms with Gasteiger partial charge in [-0.05, 0) is 25.2 Å². The Kier molecular flexibility index (Phi) is 2.35. The lowest BCUT2D eigenvalue weighted by Crippen LogP contribution is -2.53. The van der Waals surface area contributed by atoms with E-state index in [0.717, 1.165) is 24.8 Å². The number of carbonyl (C=O) groups excluding carboxylic acids is 1. The van der Waals surface area contributed by atoms with Crippen LogP contribution in [0.25, 0.3) is 0 Å². The predicted octanol–water partition coefficient (Wildman–Crippen LogP) is 2.37. The molecule has 2 heterocycles. The fourth-order valence-electron chi connectivity index (χ4n) is 3.79. The number of nitrogens with zero attached hydrogens (tertiary/aromatic N) is 1. The molecule has 4 atom stereocenters. The largest absolute Gasteiger partial charge is 0.300 e. The number of carbonyl (C=O) groups is 1. The van der Waals surface area contributed by atoms with Crippen LogP contribution in [-0.4, -0.2) is 28.8 Å². The molecule has 0 aromatic carbocycles. The van der Waals surface area contributed by atoms with Gasteiger partial charge in [-0.1, -0.05) is 19.8 Å². The molecule has 0 aromatic heterocycles. The van der Waals surface area contributed by atoms with Crippen molar-refractivity contribution in [3.8, 4) is 0 Å². The van der Waals surface area contributed by atoms with Crippen molar-refractivity contribution in [2.75, 3.05) is 0 Å². The van der Waals surface area contributed by atoms with E-state index in [1.54, 1.807) is 0 Å². The lowest BCUT2D eigenvalue weighted by Gasteiger charge is -2.46. The van der Waals surface area contributed by atoms with Crippen molar-refractivity contribution in [1.82, 2.24) is 4.90 Å². The molecule has 3 aliphatic rings. The quantitative estimate of drug-likeness (QED) is 0.693. The van der Waals surface area contributed by atoms with E-state index in [1.165, 1.54) is 32.1 Å². The molecule has 15 heavy (non-hydrogen) atoms. The van der Waals surface area contributed by atoms with Crippen LogP contribution in [0.3, 0.4) is 0 Å². The van der Waals surface area contributed by atoms with E-state index < -0.39 is 0 Å². The Morgan fingerprint density at radius 3 is 2.47 bits per heavy atom. The SMILES string of the molecule is CCC1CC1N1C2CCCC1CC(=O)C2. The molecule has 0 aromatic rings. The average Bonchev–Trinajstić information content (AvgIpc) is 2.95. The van der Waals surface area contributed by atoms with Gasteiger partial charge in [-0.2, -0.15) is 0 Å². The van der Waals surface area contributed by atoms with Gasteiger partial charge in [0.15, 0.2) is 0 Å². The van der Waals surface area contributed by atoms with Crippen LogP contribution in [0, 0.1) is 5.92 Å². The first-order valence-electron chi connectivity index (χ1n) is 6.58. The minimum atomic E-state index is 0.523. The molecule has 2 heteroatoms. The second-order valence-electron chi connectivity index (χ2n) is 5.60. The van der Waals surface area contributed by atoms with Gasteiger partial charge in [0.1, 0.15) is 5.78 Å². The van der Waals surface area contributed by atoms with Crippen molar-refractivity contribution in [3.05, 3.63) is 0 Å². The molecule has 4 unspecified atom stereocenters. The van der Waals surface area contributed by atoms with Gasteiger partial charge in [0.05, 0.1) is 0 Å². The van der Waals surface area contributed by atoms with Crippen LogP contribution in [0.2, 0.25) is 0 Å². The molecule has 2 aliphatic heterocycles. The van der Waals surface area contributed by atoms with Crippen molar-refractivity contribution < 1.29 is 4.79 Å². The topological polar surface area (TPSA) is 20.3 Å². The first-order chi connectivity index (χ1) is 7.29. The highest BCUT2D eigenvalue weighted by molar-refractivity contribution is 5.80. The lowest BCUT2D eigenvalue weighted by atomic mass is 9.83. The van der Waals surface area contributed by atoms with E-state index >= 15 is 0 Å². The molecule has 2 bridgehead atoms. The minimum Gasteiger partial charge on any atom is -0.300 e. The maximum Gasteiger partial charge on any atom is 0.136 e. The molecule has 2 nitrogen and oxygen atoms in total. The standard InChI is InChI=1S/C13H21NO/c1-2-9-6-13(9)14-10-4-3-5-11(14)8-12(15)7-10/h9-11,13H,2-8H2,1H3. The molecular formula is C13H21NO. The van der Waals surface area contributed by atoms with Crippen molar-refractivity contribution in [2.45, 2.75) is 70.0 Å². The first-order valence-corrected chi connectivity index (χ1v) is 6.58. The van der Waals surface area contributed by atoms with E-state index in [1.807, 2.05) is 0 Å². The van der Waals surface area contributed by atoms with Gasteiger partial charge in [0, 0.05) is 31.0 Å². The number of hydrogen-bond acceptors (Lipinski definition) is 2. The number of hydrogen-bond donors (Lipinski definition) is 0. The van der Waals surface area contributed by atoms with Gasteiger partial charge in [-0.25, -0.2) is 0 Å². The second-order valence-corrected chi connectivity index (χ2v) is 5.60. The van der Waals surface area contributed by atoms with Gasteiger partial charge in [0.2, 0.25) is 0 Å². The molecule has 0 spiro atoms. The van der Waals surface area contributed by atoms with Crippen LogP contribution in [0.15, 0.2) is 0 Å². The van der Waals surface area contributed by atoms with Crippen molar-refractivity contribution in [3.63, 3.8) is 0 Å². The van der Waals surface area contributed by atoms with Crippen LogP contribution in [-0.2, 0) is 4.79 Å². The summed E-state index contributed by atoms with van der Waals surface area (Å²) in [6.45, 7) is 2.30.